The van der Waals surface area contributed by atoms with Crippen molar-refractivity contribution in [2.24, 2.45) is 7.05 Å². The fourth-order valence-electron chi connectivity index (χ4n) is 2.17. The molecule has 24 heavy (non-hydrogen) atoms. The van der Waals surface area contributed by atoms with Gasteiger partial charge in [0.2, 0.25) is 5.56 Å². The van der Waals surface area contributed by atoms with Crippen LogP contribution in [0.3, 0.4) is 0 Å². The molecule has 1 aromatic heterocycles. The number of halogens is 2. The first-order valence-corrected chi connectivity index (χ1v) is 6.92. The lowest BCUT2D eigenvalue weighted by atomic mass is 10.0. The van der Waals surface area contributed by atoms with Crippen molar-refractivity contribution in [3.8, 4) is 0 Å². The summed E-state index contributed by atoms with van der Waals surface area (Å²) in [6, 6.07) is 3.94. The third kappa shape index (κ3) is 4.03. The van der Waals surface area contributed by atoms with Gasteiger partial charge < -0.3 is 15.0 Å². The van der Waals surface area contributed by atoms with Crippen LogP contribution in [0, 0.1) is 11.6 Å². The molecule has 2 N–H and O–H groups in total. The summed E-state index contributed by atoms with van der Waals surface area (Å²) in [6.45, 7) is 0. The summed E-state index contributed by atoms with van der Waals surface area (Å²) in [5.41, 5.74) is -0.356. The molecule has 0 spiro atoms. The van der Waals surface area contributed by atoms with Gasteiger partial charge in [0.15, 0.2) is 0 Å². The molecule has 1 atom stereocenters. The zero-order valence-electron chi connectivity index (χ0n) is 12.6. The van der Waals surface area contributed by atoms with Gasteiger partial charge in [-0.15, -0.1) is 0 Å². The van der Waals surface area contributed by atoms with Gasteiger partial charge in [-0.3, -0.25) is 14.4 Å². The number of carboxylic acid groups (broad SMARTS) is 1. The highest BCUT2D eigenvalue weighted by molar-refractivity contribution is 5.94. The normalized spacial score (nSPS) is 11.8. The molecule has 0 fully saturated rings. The molecule has 0 saturated heterocycles. The zero-order chi connectivity index (χ0) is 17.9. The van der Waals surface area contributed by atoms with Crippen molar-refractivity contribution in [2.75, 3.05) is 0 Å². The van der Waals surface area contributed by atoms with E-state index in [2.05, 4.69) is 5.32 Å². The molecule has 2 rings (SSSR count). The molecule has 0 aliphatic rings. The van der Waals surface area contributed by atoms with Crippen molar-refractivity contribution in [1.82, 2.24) is 9.88 Å². The minimum absolute atomic E-state index is 0.106. The van der Waals surface area contributed by atoms with Crippen LogP contribution in [0.5, 0.6) is 0 Å². The van der Waals surface area contributed by atoms with E-state index in [0.717, 1.165) is 12.1 Å². The largest absolute Gasteiger partial charge is 0.481 e. The van der Waals surface area contributed by atoms with E-state index >= 15 is 0 Å². The highest BCUT2D eigenvalue weighted by Gasteiger charge is 2.22. The maximum atomic E-state index is 13.9. The number of aromatic nitrogens is 1. The number of pyridine rings is 1. The Kier molecular flexibility index (Phi) is 5.08. The van der Waals surface area contributed by atoms with Crippen LogP contribution in [0.2, 0.25) is 0 Å². The number of amides is 1. The molecule has 0 saturated carbocycles. The van der Waals surface area contributed by atoms with E-state index in [1.165, 1.54) is 29.9 Å². The molecule has 1 heterocycles. The third-order valence-corrected chi connectivity index (χ3v) is 3.37. The standard InChI is InChI=1S/C16H14F2N2O4/c1-20-8-9(2-5-14(20)21)16(24)19-13(7-15(22)23)11-4-3-10(17)6-12(11)18/h2-6,8,13H,7H2,1H3,(H,19,24)(H,22,23). The summed E-state index contributed by atoms with van der Waals surface area (Å²) in [4.78, 5) is 34.5. The number of aliphatic carboxylic acids is 1. The topological polar surface area (TPSA) is 88.4 Å². The molecule has 0 aliphatic carbocycles. The van der Waals surface area contributed by atoms with Gasteiger partial charge in [0.25, 0.3) is 5.91 Å². The van der Waals surface area contributed by atoms with Gasteiger partial charge in [-0.05, 0) is 12.1 Å². The first-order chi connectivity index (χ1) is 11.3. The Labute approximate surface area is 135 Å². The van der Waals surface area contributed by atoms with E-state index in [0.29, 0.717) is 6.07 Å². The fourth-order valence-corrected chi connectivity index (χ4v) is 2.17. The lowest BCUT2D eigenvalue weighted by Crippen LogP contribution is -2.31. The summed E-state index contributed by atoms with van der Waals surface area (Å²) in [7, 11) is 1.45. The van der Waals surface area contributed by atoms with Crippen molar-refractivity contribution < 1.29 is 23.5 Å². The number of nitrogens with zero attached hydrogens (tertiary/aromatic N) is 1. The van der Waals surface area contributed by atoms with Crippen LogP contribution in [0.25, 0.3) is 0 Å². The summed E-state index contributed by atoms with van der Waals surface area (Å²) in [5, 5.41) is 11.4. The Morgan fingerprint density at radius 2 is 1.96 bits per heavy atom. The van der Waals surface area contributed by atoms with E-state index in [1.807, 2.05) is 0 Å². The van der Waals surface area contributed by atoms with Crippen LogP contribution >= 0.6 is 0 Å². The first kappa shape index (κ1) is 17.3. The number of carbonyl (C=O) groups is 2. The average molecular weight is 336 g/mol. The Morgan fingerprint density at radius 3 is 2.54 bits per heavy atom. The molecule has 126 valence electrons. The number of hydrogen-bond donors (Lipinski definition) is 2. The number of carboxylic acids is 1. The van der Waals surface area contributed by atoms with Gasteiger partial charge in [0.1, 0.15) is 11.6 Å². The van der Waals surface area contributed by atoms with Crippen molar-refractivity contribution in [2.45, 2.75) is 12.5 Å². The van der Waals surface area contributed by atoms with Gasteiger partial charge in [-0.1, -0.05) is 6.07 Å². The van der Waals surface area contributed by atoms with Gasteiger partial charge in [0.05, 0.1) is 18.0 Å². The number of nitrogens with one attached hydrogen (secondary N) is 1. The SMILES string of the molecule is Cn1cc(C(=O)NC(CC(=O)O)c2ccc(F)cc2F)ccc1=O. The molecule has 0 radical (unpaired) electrons. The molecule has 1 aromatic carbocycles. The van der Waals surface area contributed by atoms with E-state index < -0.39 is 36.0 Å². The van der Waals surface area contributed by atoms with E-state index in [4.69, 9.17) is 5.11 Å². The van der Waals surface area contributed by atoms with Gasteiger partial charge in [-0.25, -0.2) is 8.78 Å². The second kappa shape index (κ2) is 7.03. The summed E-state index contributed by atoms with van der Waals surface area (Å²) >= 11 is 0. The Morgan fingerprint density at radius 1 is 1.25 bits per heavy atom. The molecule has 0 bridgehead atoms. The smallest absolute Gasteiger partial charge is 0.305 e. The molecule has 6 nitrogen and oxygen atoms in total. The highest BCUT2D eigenvalue weighted by atomic mass is 19.1. The van der Waals surface area contributed by atoms with Crippen molar-refractivity contribution in [3.63, 3.8) is 0 Å². The number of rotatable bonds is 5. The third-order valence-electron chi connectivity index (χ3n) is 3.37. The maximum Gasteiger partial charge on any atom is 0.305 e. The maximum absolute atomic E-state index is 13.9. The lowest BCUT2D eigenvalue weighted by Gasteiger charge is -2.18. The summed E-state index contributed by atoms with van der Waals surface area (Å²) < 4.78 is 28.1. The second-order valence-electron chi connectivity index (χ2n) is 5.16. The van der Waals surface area contributed by atoms with Crippen LogP contribution in [0.15, 0.2) is 41.3 Å². The second-order valence-corrected chi connectivity index (χ2v) is 5.16. The van der Waals surface area contributed by atoms with Crippen LogP contribution in [0.4, 0.5) is 8.78 Å². The molecule has 8 heteroatoms. The Bertz CT molecular complexity index is 848. The summed E-state index contributed by atoms with van der Waals surface area (Å²) in [6.07, 6.45) is 0.691. The monoisotopic (exact) mass is 336 g/mol. The lowest BCUT2D eigenvalue weighted by molar-refractivity contribution is -0.137. The van der Waals surface area contributed by atoms with Crippen molar-refractivity contribution >= 4 is 11.9 Å². The highest BCUT2D eigenvalue weighted by Crippen LogP contribution is 2.21. The van der Waals surface area contributed by atoms with Gasteiger partial charge in [0, 0.05) is 30.9 Å². The summed E-state index contributed by atoms with van der Waals surface area (Å²) in [5.74, 6) is -3.71. The van der Waals surface area contributed by atoms with Crippen molar-refractivity contribution in [1.29, 1.82) is 0 Å². The Balaban J connectivity index is 2.31. The van der Waals surface area contributed by atoms with Gasteiger partial charge >= 0.3 is 5.97 Å². The average Bonchev–Trinajstić information content (AvgIpc) is 2.48. The number of benzene rings is 1. The van der Waals surface area contributed by atoms with Crippen LogP contribution < -0.4 is 10.9 Å². The minimum atomic E-state index is -1.26. The van der Waals surface area contributed by atoms with Gasteiger partial charge in [-0.2, -0.15) is 0 Å². The molecule has 1 unspecified atom stereocenters. The number of hydrogen-bond acceptors (Lipinski definition) is 3. The fraction of sp³-hybridized carbons (Fsp3) is 0.188. The quantitative estimate of drug-likeness (QED) is 0.868. The van der Waals surface area contributed by atoms with Crippen LogP contribution in [-0.4, -0.2) is 21.6 Å². The van der Waals surface area contributed by atoms with E-state index in [9.17, 15) is 23.2 Å². The van der Waals surface area contributed by atoms with E-state index in [-0.39, 0.29) is 16.7 Å². The van der Waals surface area contributed by atoms with E-state index in [1.54, 1.807) is 0 Å². The molecular formula is C16H14F2N2O4. The minimum Gasteiger partial charge on any atom is -0.481 e. The first-order valence-electron chi connectivity index (χ1n) is 6.92. The van der Waals surface area contributed by atoms with Crippen LogP contribution in [-0.2, 0) is 11.8 Å². The zero-order valence-corrected chi connectivity index (χ0v) is 12.6. The number of aryl methyl sites for hydroxylation is 1. The molecule has 0 aliphatic heterocycles. The molecule has 2 aromatic rings. The Hall–Kier alpha value is -3.03. The predicted molar refractivity (Wildman–Crippen MR) is 80.5 cm³/mol. The number of carbonyl (C=O) groups excluding carboxylic acids is 1. The van der Waals surface area contributed by atoms with Crippen LogP contribution in [0.1, 0.15) is 28.4 Å². The van der Waals surface area contributed by atoms with Crippen molar-refractivity contribution in [3.05, 3.63) is 69.6 Å². The molecule has 1 amide bonds. The molecular weight excluding hydrogens is 322 g/mol. The predicted octanol–water partition coefficient (Wildman–Crippen LogP) is 1.61.